The van der Waals surface area contributed by atoms with Crippen molar-refractivity contribution in [2.45, 2.75) is 46.6 Å². The molecule has 1 saturated heterocycles. The van der Waals surface area contributed by atoms with Gasteiger partial charge in [-0.1, -0.05) is 17.7 Å². The molecular formula is C27H33ClN6O4S2. The van der Waals surface area contributed by atoms with E-state index in [1.807, 2.05) is 32.9 Å². The number of halogens is 1. The van der Waals surface area contributed by atoms with E-state index in [-0.39, 0.29) is 11.8 Å². The minimum absolute atomic E-state index is 0.0783. The second kappa shape index (κ2) is 10.5. The van der Waals surface area contributed by atoms with E-state index >= 15 is 0 Å². The lowest BCUT2D eigenvalue weighted by atomic mass is 10.1. The van der Waals surface area contributed by atoms with Gasteiger partial charge in [-0.05, 0) is 57.9 Å². The van der Waals surface area contributed by atoms with Crippen LogP contribution in [0.1, 0.15) is 41.6 Å². The molecule has 2 aromatic heterocycles. The van der Waals surface area contributed by atoms with E-state index in [9.17, 15) is 16.8 Å². The number of nitrogens with one attached hydrogen (secondary N) is 2. The predicted octanol–water partition coefficient (Wildman–Crippen LogP) is 4.34. The lowest BCUT2D eigenvalue weighted by Gasteiger charge is -2.18. The molecule has 0 saturated carbocycles. The molecule has 0 spiro atoms. The maximum atomic E-state index is 12.3. The molecule has 2 aliphatic heterocycles. The normalized spacial score (nSPS) is 17.6. The summed E-state index contributed by atoms with van der Waals surface area (Å²) in [6.07, 6.45) is 3.95. The monoisotopic (exact) mass is 604 g/mol. The van der Waals surface area contributed by atoms with E-state index in [1.165, 1.54) is 4.31 Å². The molecule has 1 atom stereocenters. The van der Waals surface area contributed by atoms with Crippen molar-refractivity contribution >= 4 is 54.4 Å². The molecule has 0 unspecified atom stereocenters. The summed E-state index contributed by atoms with van der Waals surface area (Å²) < 4.78 is 54.4. The van der Waals surface area contributed by atoms with Crippen molar-refractivity contribution in [3.8, 4) is 5.69 Å². The number of aryl methyl sites for hydroxylation is 2. The van der Waals surface area contributed by atoms with E-state index in [1.54, 1.807) is 19.2 Å². The van der Waals surface area contributed by atoms with E-state index in [2.05, 4.69) is 25.7 Å². The highest BCUT2D eigenvalue weighted by molar-refractivity contribution is 7.92. The van der Waals surface area contributed by atoms with Crippen LogP contribution < -0.4 is 10.0 Å². The van der Waals surface area contributed by atoms with Crippen molar-refractivity contribution in [3.05, 3.63) is 63.7 Å². The molecule has 10 nitrogen and oxygen atoms in total. The third kappa shape index (κ3) is 5.50. The fourth-order valence-electron chi connectivity index (χ4n) is 5.43. The quantitative estimate of drug-likeness (QED) is 0.394. The second-order valence-corrected chi connectivity index (χ2v) is 14.8. The Hall–Kier alpha value is -2.93. The molecule has 0 aliphatic carbocycles. The summed E-state index contributed by atoms with van der Waals surface area (Å²) in [5.41, 5.74) is 8.32. The first kappa shape index (κ1) is 28.6. The maximum absolute atomic E-state index is 12.3. The number of hydrogen-bond acceptors (Lipinski definition) is 7. The fraction of sp³-hybridized carbons (Fsp3) is 0.407. The largest absolute Gasteiger partial charge is 0.378 e. The van der Waals surface area contributed by atoms with Gasteiger partial charge >= 0.3 is 0 Å². The average Bonchev–Trinajstić information content (AvgIpc) is 3.59. The van der Waals surface area contributed by atoms with Gasteiger partial charge in [-0.15, -0.1) is 0 Å². The van der Waals surface area contributed by atoms with Crippen molar-refractivity contribution < 1.29 is 16.8 Å². The highest BCUT2D eigenvalue weighted by Crippen LogP contribution is 2.41. The fourth-order valence-corrected chi connectivity index (χ4v) is 7.34. The molecular weight excluding hydrogens is 572 g/mol. The average molecular weight is 605 g/mol. The summed E-state index contributed by atoms with van der Waals surface area (Å²) in [4.78, 5) is 9.53. The van der Waals surface area contributed by atoms with Crippen LogP contribution in [0.15, 0.2) is 35.5 Å². The number of nitrogens with zero attached hydrogens (tertiary/aromatic N) is 4. The molecule has 2 N–H and O–H groups in total. The number of fused-ring (bicyclic) bond motifs is 1. The van der Waals surface area contributed by atoms with Gasteiger partial charge in [-0.3, -0.25) is 9.71 Å². The molecule has 3 aromatic rings. The van der Waals surface area contributed by atoms with Gasteiger partial charge in [0.05, 0.1) is 45.5 Å². The number of aromatic nitrogens is 2. The maximum Gasteiger partial charge on any atom is 0.229 e. The molecule has 0 radical (unpaired) electrons. The van der Waals surface area contributed by atoms with Crippen LogP contribution in [0.4, 0.5) is 17.1 Å². The van der Waals surface area contributed by atoms with Gasteiger partial charge in [-0.2, -0.15) is 4.31 Å². The first-order chi connectivity index (χ1) is 18.8. The zero-order chi connectivity index (χ0) is 29.0. The highest BCUT2D eigenvalue weighted by Gasteiger charge is 2.32. The van der Waals surface area contributed by atoms with Gasteiger partial charge in [0.15, 0.2) is 0 Å². The number of benzene rings is 1. The van der Waals surface area contributed by atoms with Crippen LogP contribution in [0.25, 0.3) is 5.69 Å². The Bertz CT molecular complexity index is 1750. The Kier molecular flexibility index (Phi) is 7.49. The van der Waals surface area contributed by atoms with Crippen molar-refractivity contribution in [3.63, 3.8) is 0 Å². The Labute approximate surface area is 240 Å². The van der Waals surface area contributed by atoms with Gasteiger partial charge < -0.3 is 9.88 Å². The topological polar surface area (TPSA) is 126 Å². The number of hydrogen-bond donors (Lipinski definition) is 2. The summed E-state index contributed by atoms with van der Waals surface area (Å²) in [6, 6.07) is 7.47. The lowest BCUT2D eigenvalue weighted by Crippen LogP contribution is -2.32. The van der Waals surface area contributed by atoms with Crippen LogP contribution in [-0.4, -0.2) is 67.5 Å². The summed E-state index contributed by atoms with van der Waals surface area (Å²) in [5.74, 6) is 0.0786. The summed E-state index contributed by atoms with van der Waals surface area (Å²) >= 11 is 6.57. The highest BCUT2D eigenvalue weighted by atomic mass is 35.5. The second-order valence-electron chi connectivity index (χ2n) is 10.4. The standard InChI is InChI=1S/C27H33ClN6O4S2/c1-6-40(37,38)33-10-9-20(15-33)30-26-22(28)14-29-24-13-23(31-27(24)26)21-11-17(3)34(18(21)4)25-12-19(8-7-16(25)2)32-39(5,35)36/h7-8,11-12,14,20,32H,6,9-10,13,15H2,1-5H3,(H,29,30)/t20-/m0/s1. The molecule has 0 amide bonds. The smallest absolute Gasteiger partial charge is 0.229 e. The van der Waals surface area contributed by atoms with Crippen LogP contribution in [-0.2, 0) is 26.5 Å². The van der Waals surface area contributed by atoms with E-state index in [4.69, 9.17) is 16.6 Å². The molecule has 4 heterocycles. The van der Waals surface area contributed by atoms with Crippen LogP contribution in [0, 0.1) is 20.8 Å². The Morgan fingerprint density at radius 3 is 2.58 bits per heavy atom. The van der Waals surface area contributed by atoms with Gasteiger partial charge in [0.25, 0.3) is 0 Å². The molecule has 2 aliphatic rings. The van der Waals surface area contributed by atoms with Crippen molar-refractivity contribution in [2.75, 3.05) is 35.1 Å². The zero-order valence-corrected chi connectivity index (χ0v) is 25.5. The summed E-state index contributed by atoms with van der Waals surface area (Å²) in [6.45, 7) is 8.52. The predicted molar refractivity (Wildman–Crippen MR) is 161 cm³/mol. The molecule has 40 heavy (non-hydrogen) atoms. The number of sulfonamides is 2. The zero-order valence-electron chi connectivity index (χ0n) is 23.1. The van der Waals surface area contributed by atoms with Crippen molar-refractivity contribution in [2.24, 2.45) is 4.99 Å². The van der Waals surface area contributed by atoms with Crippen molar-refractivity contribution in [1.82, 2.24) is 13.9 Å². The molecule has 1 aromatic carbocycles. The van der Waals surface area contributed by atoms with E-state index in [0.29, 0.717) is 48.0 Å². The minimum Gasteiger partial charge on any atom is -0.378 e. The Balaban J connectivity index is 1.47. The molecule has 214 valence electrons. The van der Waals surface area contributed by atoms with E-state index < -0.39 is 20.0 Å². The molecule has 0 bridgehead atoms. The molecule has 5 rings (SSSR count). The number of aliphatic imine (C=N–C) groups is 1. The number of anilines is 2. The van der Waals surface area contributed by atoms with Gasteiger partial charge in [0.2, 0.25) is 20.0 Å². The Morgan fingerprint density at radius 2 is 1.88 bits per heavy atom. The van der Waals surface area contributed by atoms with Crippen LogP contribution in [0.3, 0.4) is 0 Å². The van der Waals surface area contributed by atoms with Gasteiger partial charge in [-0.25, -0.2) is 21.8 Å². The van der Waals surface area contributed by atoms with Crippen molar-refractivity contribution in [1.29, 1.82) is 0 Å². The third-order valence-electron chi connectivity index (χ3n) is 7.42. The first-order valence-corrected chi connectivity index (χ1v) is 16.9. The molecule has 13 heteroatoms. The van der Waals surface area contributed by atoms with Crippen LogP contribution in [0.2, 0.25) is 5.02 Å². The first-order valence-electron chi connectivity index (χ1n) is 13.0. The van der Waals surface area contributed by atoms with Crippen LogP contribution >= 0.6 is 11.6 Å². The van der Waals surface area contributed by atoms with E-state index in [0.717, 1.165) is 45.9 Å². The molecule has 1 fully saturated rings. The summed E-state index contributed by atoms with van der Waals surface area (Å²) in [5, 5.41) is 3.89. The number of pyridine rings is 1. The van der Waals surface area contributed by atoms with Crippen LogP contribution in [0.5, 0.6) is 0 Å². The summed E-state index contributed by atoms with van der Waals surface area (Å²) in [7, 11) is -6.66. The minimum atomic E-state index is -3.41. The van der Waals surface area contributed by atoms with Gasteiger partial charge in [0, 0.05) is 48.7 Å². The van der Waals surface area contributed by atoms with Gasteiger partial charge in [0.1, 0.15) is 5.69 Å². The SMILES string of the molecule is CCS(=O)(=O)N1CC[C@H](Nc2c(Cl)cnc3c2N=C(c2cc(C)n(-c4cc(NS(C)(=O)=O)ccc4C)c2C)C3)C1. The third-order valence-corrected chi connectivity index (χ3v) is 10.2. The Morgan fingerprint density at radius 1 is 1.12 bits per heavy atom. The number of rotatable bonds is 8. The lowest BCUT2D eigenvalue weighted by molar-refractivity contribution is 0.476.